The van der Waals surface area contributed by atoms with Crippen LogP contribution in [-0.2, 0) is 0 Å². The summed E-state index contributed by atoms with van der Waals surface area (Å²) in [7, 11) is 0. The van der Waals surface area contributed by atoms with Crippen LogP contribution in [0.15, 0.2) is 30.5 Å². The quantitative estimate of drug-likeness (QED) is 0.605. The predicted octanol–water partition coefficient (Wildman–Crippen LogP) is 2.41. The molecule has 0 fully saturated rings. The highest BCUT2D eigenvalue weighted by Gasteiger charge is 1.99. The van der Waals surface area contributed by atoms with Gasteiger partial charge in [-0.3, -0.25) is 4.98 Å². The third-order valence-electron chi connectivity index (χ3n) is 1.98. The van der Waals surface area contributed by atoms with Crippen molar-refractivity contribution in [3.63, 3.8) is 0 Å². The van der Waals surface area contributed by atoms with Gasteiger partial charge in [0.2, 0.25) is 0 Å². The average Bonchev–Trinajstić information content (AvgIpc) is 2.17. The molecule has 2 rings (SSSR count). The number of pyridine rings is 1. The summed E-state index contributed by atoms with van der Waals surface area (Å²) in [6, 6.07) is 9.72. The van der Waals surface area contributed by atoms with Crippen LogP contribution in [0.3, 0.4) is 0 Å². The van der Waals surface area contributed by atoms with E-state index in [9.17, 15) is 0 Å². The summed E-state index contributed by atoms with van der Waals surface area (Å²) >= 11 is 0. The van der Waals surface area contributed by atoms with Crippen LogP contribution in [0.2, 0.25) is 0 Å². The van der Waals surface area contributed by atoms with Gasteiger partial charge in [0, 0.05) is 11.6 Å². The van der Waals surface area contributed by atoms with Crippen LogP contribution < -0.4 is 0 Å². The molecular formula is C11H8N2. The minimum atomic E-state index is 0.689. The minimum absolute atomic E-state index is 0.689. The van der Waals surface area contributed by atoms with Gasteiger partial charge in [-0.1, -0.05) is 6.07 Å². The normalized spacial score (nSPS) is 9.85. The molecule has 0 bridgehead atoms. The van der Waals surface area contributed by atoms with Crippen molar-refractivity contribution in [1.29, 1.82) is 5.26 Å². The molecule has 0 saturated carbocycles. The number of aromatic nitrogens is 1. The maximum Gasteiger partial charge on any atom is 0.0998 e. The van der Waals surface area contributed by atoms with Crippen molar-refractivity contribution in [2.75, 3.05) is 0 Å². The van der Waals surface area contributed by atoms with Gasteiger partial charge >= 0.3 is 0 Å². The molecule has 2 aromatic rings. The van der Waals surface area contributed by atoms with E-state index in [1.54, 1.807) is 0 Å². The second-order valence-electron chi connectivity index (χ2n) is 3.00. The molecule has 2 heteroatoms. The van der Waals surface area contributed by atoms with E-state index >= 15 is 0 Å². The zero-order chi connectivity index (χ0) is 9.26. The second kappa shape index (κ2) is 2.87. The van der Waals surface area contributed by atoms with Crippen LogP contribution in [0, 0.1) is 18.3 Å². The van der Waals surface area contributed by atoms with Gasteiger partial charge in [-0.2, -0.15) is 5.26 Å². The molecule has 13 heavy (non-hydrogen) atoms. The molecule has 0 radical (unpaired) electrons. The lowest BCUT2D eigenvalue weighted by atomic mass is 10.1. The van der Waals surface area contributed by atoms with Gasteiger partial charge in [0.05, 0.1) is 17.1 Å². The molecule has 62 valence electrons. The van der Waals surface area contributed by atoms with Crippen LogP contribution in [0.5, 0.6) is 0 Å². The standard InChI is InChI=1S/C11H8N2/c1-8-5-10-9(6-12)3-2-4-11(10)13-7-8/h2-5,7H,1H3. The highest BCUT2D eigenvalue weighted by atomic mass is 14.6. The first kappa shape index (κ1) is 7.75. The van der Waals surface area contributed by atoms with Crippen LogP contribution in [0.25, 0.3) is 10.9 Å². The van der Waals surface area contributed by atoms with Gasteiger partial charge < -0.3 is 0 Å². The van der Waals surface area contributed by atoms with Crippen molar-refractivity contribution in [3.8, 4) is 6.07 Å². The predicted molar refractivity (Wildman–Crippen MR) is 51.2 cm³/mol. The lowest BCUT2D eigenvalue weighted by Gasteiger charge is -1.99. The van der Waals surface area contributed by atoms with E-state index < -0.39 is 0 Å². The Morgan fingerprint density at radius 3 is 3.00 bits per heavy atom. The second-order valence-corrected chi connectivity index (χ2v) is 3.00. The number of hydrogen-bond acceptors (Lipinski definition) is 2. The van der Waals surface area contributed by atoms with Gasteiger partial charge in [0.1, 0.15) is 0 Å². The highest BCUT2D eigenvalue weighted by Crippen LogP contribution is 2.16. The molecule has 0 aliphatic carbocycles. The fourth-order valence-electron chi connectivity index (χ4n) is 1.35. The maximum atomic E-state index is 8.85. The lowest BCUT2D eigenvalue weighted by Crippen LogP contribution is -1.84. The number of fused-ring (bicyclic) bond motifs is 1. The van der Waals surface area contributed by atoms with E-state index in [0.29, 0.717) is 5.56 Å². The molecule has 0 N–H and O–H groups in total. The number of nitriles is 1. The summed E-state index contributed by atoms with van der Waals surface area (Å²) in [4.78, 5) is 4.24. The third kappa shape index (κ3) is 1.25. The van der Waals surface area contributed by atoms with E-state index in [2.05, 4.69) is 11.1 Å². The van der Waals surface area contributed by atoms with Crippen LogP contribution in [0.4, 0.5) is 0 Å². The van der Waals surface area contributed by atoms with E-state index in [0.717, 1.165) is 16.5 Å². The highest BCUT2D eigenvalue weighted by molar-refractivity contribution is 5.84. The summed E-state index contributed by atoms with van der Waals surface area (Å²) in [6.45, 7) is 1.97. The summed E-state index contributed by atoms with van der Waals surface area (Å²) in [6.07, 6.45) is 1.81. The molecule has 2 nitrogen and oxygen atoms in total. The van der Waals surface area contributed by atoms with Crippen molar-refractivity contribution < 1.29 is 0 Å². The lowest BCUT2D eigenvalue weighted by molar-refractivity contribution is 1.33. The summed E-state index contributed by atoms with van der Waals surface area (Å²) in [5, 5.41) is 9.78. The van der Waals surface area contributed by atoms with Crippen molar-refractivity contribution in [2.24, 2.45) is 0 Å². The zero-order valence-corrected chi connectivity index (χ0v) is 7.28. The number of nitrogens with zero attached hydrogens (tertiary/aromatic N) is 2. The number of hydrogen-bond donors (Lipinski definition) is 0. The topological polar surface area (TPSA) is 36.7 Å². The molecule has 1 aromatic carbocycles. The van der Waals surface area contributed by atoms with Crippen LogP contribution >= 0.6 is 0 Å². The third-order valence-corrected chi connectivity index (χ3v) is 1.98. The van der Waals surface area contributed by atoms with Crippen LogP contribution in [0.1, 0.15) is 11.1 Å². The van der Waals surface area contributed by atoms with E-state index in [1.807, 2.05) is 37.4 Å². The first-order valence-corrected chi connectivity index (χ1v) is 4.07. The summed E-state index contributed by atoms with van der Waals surface area (Å²) in [5.74, 6) is 0. The van der Waals surface area contributed by atoms with Gasteiger partial charge in [0.25, 0.3) is 0 Å². The molecule has 1 aromatic heterocycles. The van der Waals surface area contributed by atoms with E-state index in [4.69, 9.17) is 5.26 Å². The monoisotopic (exact) mass is 168 g/mol. The van der Waals surface area contributed by atoms with Crippen molar-refractivity contribution in [1.82, 2.24) is 4.98 Å². The molecule has 0 unspecified atom stereocenters. The molecule has 0 atom stereocenters. The van der Waals surface area contributed by atoms with E-state index in [-0.39, 0.29) is 0 Å². The molecule has 0 aliphatic heterocycles. The number of benzene rings is 1. The minimum Gasteiger partial charge on any atom is -0.256 e. The maximum absolute atomic E-state index is 8.85. The first-order valence-electron chi connectivity index (χ1n) is 4.07. The Hall–Kier alpha value is -1.88. The van der Waals surface area contributed by atoms with Crippen molar-refractivity contribution in [3.05, 3.63) is 41.6 Å². The SMILES string of the molecule is Cc1cnc2cccc(C#N)c2c1. The Labute approximate surface area is 76.5 Å². The van der Waals surface area contributed by atoms with Gasteiger partial charge in [0.15, 0.2) is 0 Å². The Bertz CT molecular complexity index is 495. The molecule has 0 saturated heterocycles. The smallest absolute Gasteiger partial charge is 0.0998 e. The Morgan fingerprint density at radius 1 is 1.38 bits per heavy atom. The van der Waals surface area contributed by atoms with Gasteiger partial charge in [-0.05, 0) is 30.7 Å². The Morgan fingerprint density at radius 2 is 2.23 bits per heavy atom. The van der Waals surface area contributed by atoms with Gasteiger partial charge in [-0.15, -0.1) is 0 Å². The fraction of sp³-hybridized carbons (Fsp3) is 0.0909. The first-order chi connectivity index (χ1) is 6.31. The molecule has 0 spiro atoms. The molecular weight excluding hydrogens is 160 g/mol. The average molecular weight is 168 g/mol. The fourth-order valence-corrected chi connectivity index (χ4v) is 1.35. The van der Waals surface area contributed by atoms with E-state index in [1.165, 1.54) is 0 Å². The van der Waals surface area contributed by atoms with Crippen molar-refractivity contribution in [2.45, 2.75) is 6.92 Å². The summed E-state index contributed by atoms with van der Waals surface area (Å²) in [5.41, 5.74) is 2.65. The number of rotatable bonds is 0. The van der Waals surface area contributed by atoms with Crippen molar-refractivity contribution >= 4 is 10.9 Å². The molecule has 0 amide bonds. The summed E-state index contributed by atoms with van der Waals surface area (Å²) < 4.78 is 0. The Kier molecular flexibility index (Phi) is 1.71. The van der Waals surface area contributed by atoms with Gasteiger partial charge in [-0.25, -0.2) is 0 Å². The molecule has 0 aliphatic rings. The largest absolute Gasteiger partial charge is 0.256 e. The van der Waals surface area contributed by atoms with Crippen LogP contribution in [-0.4, -0.2) is 4.98 Å². The molecule has 1 heterocycles. The zero-order valence-electron chi connectivity index (χ0n) is 7.28. The Balaban J connectivity index is 2.89. The number of aryl methyl sites for hydroxylation is 1.